The second-order valence-electron chi connectivity index (χ2n) is 14.4. The molecule has 0 saturated carbocycles. The largest absolute Gasteiger partial charge is 0.507 e. The minimum Gasteiger partial charge on any atom is -0.507 e. The van der Waals surface area contributed by atoms with Gasteiger partial charge in [-0.2, -0.15) is 0 Å². The van der Waals surface area contributed by atoms with E-state index in [9.17, 15) is 39.3 Å². The second kappa shape index (κ2) is 15.1. The molecule has 4 aliphatic heterocycles. The van der Waals surface area contributed by atoms with Crippen molar-refractivity contribution >= 4 is 29.4 Å². The van der Waals surface area contributed by atoms with E-state index in [1.54, 1.807) is 39.8 Å². The lowest BCUT2D eigenvalue weighted by Crippen LogP contribution is -2.46. The summed E-state index contributed by atoms with van der Waals surface area (Å²) in [6.45, 7) is 11.7. The summed E-state index contributed by atoms with van der Waals surface area (Å²) in [6.07, 6.45) is 4.41. The number of esters is 2. The van der Waals surface area contributed by atoms with Gasteiger partial charge in [-0.25, -0.2) is 4.79 Å². The Labute approximate surface area is 312 Å². The molecule has 1 fully saturated rings. The van der Waals surface area contributed by atoms with Crippen LogP contribution in [0, 0.1) is 30.6 Å². The van der Waals surface area contributed by atoms with Crippen LogP contribution in [0.3, 0.4) is 0 Å². The van der Waals surface area contributed by atoms with Crippen molar-refractivity contribution in [1.29, 1.82) is 0 Å². The molecule has 1 unspecified atom stereocenters. The average molecular weight is 754 g/mol. The maximum Gasteiger partial charge on any atom is 0.335 e. The van der Waals surface area contributed by atoms with Crippen LogP contribution in [0.25, 0.3) is 0 Å². The molecule has 1 spiro atoms. The molecule has 1 aromatic rings. The van der Waals surface area contributed by atoms with Gasteiger partial charge in [0.05, 0.1) is 47.0 Å². The van der Waals surface area contributed by atoms with Gasteiger partial charge >= 0.3 is 17.7 Å². The SMILES string of the molecule is CO[C@H]1/C=C\O[C@@]2(C)Oc3c(C)c(O)c4c(c3C2=O)C2(C=C(NC(=O)/C(C)=C\C=C/[C@H](C)[C@H](O)[C@@H](C)[C@@H](O)[C@@H](C)[C@H](OC(C)=O)[C@@H]1C)C4=O)OCC(=O)O2. The van der Waals surface area contributed by atoms with Gasteiger partial charge < -0.3 is 49.1 Å². The number of phenolic OH excluding ortho intramolecular Hbond substituents is 1. The number of amides is 1. The lowest BCUT2D eigenvalue weighted by molar-refractivity contribution is -0.161. The Kier molecular flexibility index (Phi) is 11.3. The fourth-order valence-corrected chi connectivity index (χ4v) is 7.37. The Hall–Kier alpha value is -4.83. The van der Waals surface area contributed by atoms with Crippen LogP contribution in [0.5, 0.6) is 11.5 Å². The van der Waals surface area contributed by atoms with Crippen LogP contribution in [-0.4, -0.2) is 88.7 Å². The lowest BCUT2D eigenvalue weighted by atomic mass is 9.78. The number of aliphatic hydroxyl groups is 2. The zero-order valence-corrected chi connectivity index (χ0v) is 31.6. The number of carbonyl (C=O) groups excluding carboxylic acids is 5. The van der Waals surface area contributed by atoms with Gasteiger partial charge in [0, 0.05) is 61.8 Å². The van der Waals surface area contributed by atoms with Crippen LogP contribution in [0.15, 0.2) is 47.9 Å². The molecule has 6 rings (SSSR count). The molecule has 15 nitrogen and oxygen atoms in total. The first-order valence-corrected chi connectivity index (χ1v) is 17.6. The Morgan fingerprint density at radius 1 is 0.963 bits per heavy atom. The molecular formula is C39H47NO14. The van der Waals surface area contributed by atoms with Gasteiger partial charge in [-0.05, 0) is 19.9 Å². The monoisotopic (exact) mass is 753 g/mol. The minimum absolute atomic E-state index is 0.00812. The zero-order chi connectivity index (χ0) is 40.0. The standard InChI is InChI=1S/C39H47NO14/c1-17-11-10-12-18(2)37(48)40-24-15-39(51-16-26(42)53-39)29-27(33(24)46)32(45)22(6)35-28(29)36(47)38(8,54-35)50-14-13-25(49-9)19(3)34(52-23(7)41)21(5)31(44)20(4)30(17)43/h10-15,17,19-21,25,30-31,34,43-45H,16H2,1-9H3,(H,40,48)/b11-10-,14-13-,18-12-/t17-,19+,20+,21+,25-,30-,31+,34+,38-,39?/m0/s1. The maximum atomic E-state index is 14.3. The molecular weight excluding hydrogens is 706 g/mol. The molecule has 0 radical (unpaired) electrons. The number of aliphatic hydroxyl groups excluding tert-OH is 2. The summed E-state index contributed by atoms with van der Waals surface area (Å²) in [5, 5.41) is 36.6. The highest BCUT2D eigenvalue weighted by Crippen LogP contribution is 2.53. The molecule has 1 aliphatic carbocycles. The number of carbonyl (C=O) groups is 5. The molecule has 5 bridgehead atoms. The first kappa shape index (κ1) is 40.4. The molecule has 4 heterocycles. The Balaban J connectivity index is 1.66. The van der Waals surface area contributed by atoms with E-state index in [1.807, 2.05) is 0 Å². The van der Waals surface area contributed by atoms with E-state index in [1.165, 1.54) is 47.0 Å². The molecule has 1 amide bonds. The maximum absolute atomic E-state index is 14.3. The van der Waals surface area contributed by atoms with Gasteiger partial charge in [0.2, 0.25) is 5.78 Å². The number of nitrogens with one attached hydrogen (secondary N) is 1. The van der Waals surface area contributed by atoms with E-state index in [4.69, 9.17) is 28.4 Å². The van der Waals surface area contributed by atoms with Crippen LogP contribution >= 0.6 is 0 Å². The zero-order valence-electron chi connectivity index (χ0n) is 31.6. The molecule has 0 aromatic heterocycles. The number of hydrogen-bond donors (Lipinski definition) is 4. The Bertz CT molecular complexity index is 1880. The molecule has 54 heavy (non-hydrogen) atoms. The van der Waals surface area contributed by atoms with Crippen LogP contribution in [-0.2, 0) is 43.9 Å². The topological polar surface area (TPSA) is 213 Å². The smallest absolute Gasteiger partial charge is 0.335 e. The Morgan fingerprint density at radius 3 is 2.26 bits per heavy atom. The highest BCUT2D eigenvalue weighted by molar-refractivity contribution is 6.19. The van der Waals surface area contributed by atoms with E-state index < -0.39 is 107 Å². The predicted molar refractivity (Wildman–Crippen MR) is 189 cm³/mol. The van der Waals surface area contributed by atoms with Crippen molar-refractivity contribution in [2.75, 3.05) is 13.7 Å². The molecule has 10 atom stereocenters. The molecule has 1 saturated heterocycles. The number of Topliss-reactive ketones (excluding diaryl/α,β-unsaturated/α-hetero) is 2. The number of rotatable bonds is 2. The van der Waals surface area contributed by atoms with Crippen LogP contribution in [0.2, 0.25) is 0 Å². The summed E-state index contributed by atoms with van der Waals surface area (Å²) >= 11 is 0. The summed E-state index contributed by atoms with van der Waals surface area (Å²) in [7, 11) is 1.42. The van der Waals surface area contributed by atoms with Crippen LogP contribution in [0.4, 0.5) is 0 Å². The van der Waals surface area contributed by atoms with E-state index in [0.717, 1.165) is 12.3 Å². The van der Waals surface area contributed by atoms with Gasteiger partial charge in [-0.3, -0.25) is 19.2 Å². The van der Waals surface area contributed by atoms with Crippen molar-refractivity contribution in [3.63, 3.8) is 0 Å². The van der Waals surface area contributed by atoms with Crippen LogP contribution < -0.4 is 10.1 Å². The molecule has 292 valence electrons. The number of benzene rings is 1. The van der Waals surface area contributed by atoms with Gasteiger partial charge in [-0.1, -0.05) is 45.9 Å². The van der Waals surface area contributed by atoms with Crippen molar-refractivity contribution in [2.45, 2.75) is 91.4 Å². The molecule has 1 aromatic carbocycles. The summed E-state index contributed by atoms with van der Waals surface area (Å²) in [4.78, 5) is 66.6. The lowest BCUT2D eigenvalue weighted by Gasteiger charge is -2.38. The first-order valence-electron chi connectivity index (χ1n) is 17.6. The normalized spacial score (nSPS) is 36.6. The average Bonchev–Trinajstić information content (AvgIpc) is 3.62. The number of ketones is 2. The molecule has 4 N–H and O–H groups in total. The van der Waals surface area contributed by atoms with Crippen LogP contribution in [0.1, 0.15) is 80.3 Å². The molecule has 5 aliphatic rings. The predicted octanol–water partition coefficient (Wildman–Crippen LogP) is 3.17. The van der Waals surface area contributed by atoms with Crippen molar-refractivity contribution in [2.24, 2.45) is 23.7 Å². The van der Waals surface area contributed by atoms with Crippen molar-refractivity contribution in [3.8, 4) is 11.5 Å². The highest BCUT2D eigenvalue weighted by atomic mass is 16.8. The Morgan fingerprint density at radius 2 is 1.65 bits per heavy atom. The molecule has 15 heteroatoms. The van der Waals surface area contributed by atoms with E-state index in [-0.39, 0.29) is 33.7 Å². The van der Waals surface area contributed by atoms with Crippen molar-refractivity contribution in [1.82, 2.24) is 5.32 Å². The summed E-state index contributed by atoms with van der Waals surface area (Å²) in [6, 6.07) is 0. The second-order valence-corrected chi connectivity index (χ2v) is 14.4. The number of methoxy groups -OCH3 is 1. The third-order valence-corrected chi connectivity index (χ3v) is 10.6. The third-order valence-electron chi connectivity index (χ3n) is 10.6. The number of aromatic hydroxyl groups is 1. The summed E-state index contributed by atoms with van der Waals surface area (Å²) in [5.74, 6) is -11.4. The van der Waals surface area contributed by atoms with Crippen molar-refractivity contribution < 1.29 is 67.7 Å². The van der Waals surface area contributed by atoms with E-state index >= 15 is 0 Å². The summed E-state index contributed by atoms with van der Waals surface area (Å²) in [5.41, 5.74) is -1.23. The number of ether oxygens (including phenoxy) is 6. The number of fused-ring (bicyclic) bond motifs is 13. The van der Waals surface area contributed by atoms with E-state index in [2.05, 4.69) is 5.32 Å². The number of hydrogen-bond acceptors (Lipinski definition) is 14. The minimum atomic E-state index is -2.21. The van der Waals surface area contributed by atoms with Gasteiger partial charge in [0.25, 0.3) is 17.5 Å². The van der Waals surface area contributed by atoms with Crippen molar-refractivity contribution in [3.05, 3.63) is 70.2 Å². The fourth-order valence-electron chi connectivity index (χ4n) is 7.37. The summed E-state index contributed by atoms with van der Waals surface area (Å²) < 4.78 is 34.8. The van der Waals surface area contributed by atoms with Gasteiger partial charge in [-0.15, -0.1) is 0 Å². The highest BCUT2D eigenvalue weighted by Gasteiger charge is 2.58. The quantitative estimate of drug-likeness (QED) is 0.320. The van der Waals surface area contributed by atoms with Gasteiger partial charge in [0.1, 0.15) is 24.2 Å². The first-order chi connectivity index (χ1) is 25.3. The number of allylic oxidation sites excluding steroid dienone is 3. The fraction of sp³-hybridized carbons (Fsp3) is 0.513. The third kappa shape index (κ3) is 7.08. The van der Waals surface area contributed by atoms with E-state index in [0.29, 0.717) is 0 Å². The van der Waals surface area contributed by atoms with Gasteiger partial charge in [0.15, 0.2) is 0 Å². The number of phenols is 1.